The van der Waals surface area contributed by atoms with Crippen molar-refractivity contribution in [3.63, 3.8) is 0 Å². The molecule has 2 heterocycles. The lowest BCUT2D eigenvalue weighted by molar-refractivity contribution is -0.0299. The minimum atomic E-state index is -0.618. The molecule has 100 valence electrons. The molecule has 0 spiro atoms. The van der Waals surface area contributed by atoms with Crippen LogP contribution in [0.4, 0.5) is 0 Å². The van der Waals surface area contributed by atoms with Gasteiger partial charge in [0.25, 0.3) is 0 Å². The number of aromatic nitrogens is 1. The molecule has 3 unspecified atom stereocenters. The first kappa shape index (κ1) is 13.3. The van der Waals surface area contributed by atoms with E-state index in [1.165, 1.54) is 0 Å². The summed E-state index contributed by atoms with van der Waals surface area (Å²) in [5, 5.41) is 10.3. The fraction of sp³-hybridized carbons (Fsp3) is 0.643. The molecule has 1 N–H and O–H groups in total. The van der Waals surface area contributed by atoms with E-state index in [2.05, 4.69) is 11.9 Å². The highest BCUT2D eigenvalue weighted by molar-refractivity contribution is 5.26. The van der Waals surface area contributed by atoms with Gasteiger partial charge in [-0.2, -0.15) is 0 Å². The van der Waals surface area contributed by atoms with Crippen LogP contribution in [0.1, 0.15) is 44.8 Å². The van der Waals surface area contributed by atoms with Crippen LogP contribution in [0.5, 0.6) is 5.75 Å². The summed E-state index contributed by atoms with van der Waals surface area (Å²) in [5.41, 5.74) is 0.766. The third kappa shape index (κ3) is 3.21. The monoisotopic (exact) mass is 251 g/mol. The van der Waals surface area contributed by atoms with Gasteiger partial charge in [0.15, 0.2) is 0 Å². The molecule has 0 aliphatic carbocycles. The summed E-state index contributed by atoms with van der Waals surface area (Å²) in [7, 11) is 0. The van der Waals surface area contributed by atoms with Gasteiger partial charge in [-0.3, -0.25) is 4.98 Å². The molecule has 0 aromatic carbocycles. The first-order valence-corrected chi connectivity index (χ1v) is 6.62. The number of hydrogen-bond acceptors (Lipinski definition) is 4. The van der Waals surface area contributed by atoms with E-state index in [-0.39, 0.29) is 12.2 Å². The van der Waals surface area contributed by atoms with Crippen molar-refractivity contribution in [2.24, 2.45) is 0 Å². The van der Waals surface area contributed by atoms with E-state index in [0.717, 1.165) is 24.8 Å². The summed E-state index contributed by atoms with van der Waals surface area (Å²) in [6.45, 7) is 4.75. The Morgan fingerprint density at radius 3 is 3.00 bits per heavy atom. The lowest BCUT2D eigenvalue weighted by Crippen LogP contribution is -2.18. The van der Waals surface area contributed by atoms with Gasteiger partial charge in [0.1, 0.15) is 11.9 Å². The third-order valence-electron chi connectivity index (χ3n) is 3.17. The second-order valence-corrected chi connectivity index (χ2v) is 4.81. The van der Waals surface area contributed by atoms with Crippen LogP contribution in [0, 0.1) is 0 Å². The standard InChI is InChI=1S/C14H21NO3/c1-3-6-17-12-7-11(8-15-9-12)14(16)13-5-4-10(2)18-13/h7-10,13-14,16H,3-6H2,1-2H3. The maximum absolute atomic E-state index is 10.3. The zero-order valence-corrected chi connectivity index (χ0v) is 11.0. The van der Waals surface area contributed by atoms with Gasteiger partial charge < -0.3 is 14.6 Å². The average molecular weight is 251 g/mol. The van der Waals surface area contributed by atoms with E-state index in [4.69, 9.17) is 9.47 Å². The van der Waals surface area contributed by atoms with Crippen molar-refractivity contribution < 1.29 is 14.6 Å². The van der Waals surface area contributed by atoms with Crippen molar-refractivity contribution in [3.05, 3.63) is 24.0 Å². The number of ether oxygens (including phenoxy) is 2. The normalized spacial score (nSPS) is 25.1. The van der Waals surface area contributed by atoms with E-state index < -0.39 is 6.10 Å². The van der Waals surface area contributed by atoms with Crippen LogP contribution in [0.25, 0.3) is 0 Å². The van der Waals surface area contributed by atoms with Crippen molar-refractivity contribution in [1.29, 1.82) is 0 Å². The average Bonchev–Trinajstić information content (AvgIpc) is 2.82. The Bertz CT molecular complexity index is 383. The molecule has 1 aliphatic rings. The first-order chi connectivity index (χ1) is 8.70. The number of aliphatic hydroxyl groups excluding tert-OH is 1. The summed E-state index contributed by atoms with van der Waals surface area (Å²) in [4.78, 5) is 4.11. The van der Waals surface area contributed by atoms with Gasteiger partial charge in [-0.05, 0) is 32.3 Å². The molecule has 4 heteroatoms. The molecule has 1 saturated heterocycles. The second-order valence-electron chi connectivity index (χ2n) is 4.81. The van der Waals surface area contributed by atoms with E-state index in [0.29, 0.717) is 12.4 Å². The van der Waals surface area contributed by atoms with Crippen molar-refractivity contribution in [2.75, 3.05) is 6.61 Å². The number of aliphatic hydroxyl groups is 1. The lowest BCUT2D eigenvalue weighted by Gasteiger charge is -2.19. The molecule has 18 heavy (non-hydrogen) atoms. The van der Waals surface area contributed by atoms with Gasteiger partial charge >= 0.3 is 0 Å². The lowest BCUT2D eigenvalue weighted by atomic mass is 10.0. The van der Waals surface area contributed by atoms with Crippen molar-refractivity contribution >= 4 is 0 Å². The Labute approximate surface area is 108 Å². The molecule has 1 aromatic rings. The summed E-state index contributed by atoms with van der Waals surface area (Å²) >= 11 is 0. The predicted molar refractivity (Wildman–Crippen MR) is 68.6 cm³/mol. The smallest absolute Gasteiger partial charge is 0.137 e. The van der Waals surface area contributed by atoms with Gasteiger partial charge in [0, 0.05) is 11.8 Å². The maximum atomic E-state index is 10.3. The van der Waals surface area contributed by atoms with Gasteiger partial charge in [0.05, 0.1) is 25.0 Å². The van der Waals surface area contributed by atoms with E-state index in [1.54, 1.807) is 12.4 Å². The third-order valence-corrected chi connectivity index (χ3v) is 3.17. The molecule has 4 nitrogen and oxygen atoms in total. The molecule has 2 rings (SSSR count). The fourth-order valence-corrected chi connectivity index (χ4v) is 2.18. The fourth-order valence-electron chi connectivity index (χ4n) is 2.18. The van der Waals surface area contributed by atoms with Crippen LogP contribution in [0.15, 0.2) is 18.5 Å². The van der Waals surface area contributed by atoms with Crippen LogP contribution < -0.4 is 4.74 Å². The summed E-state index contributed by atoms with van der Waals surface area (Å²) < 4.78 is 11.2. The van der Waals surface area contributed by atoms with Crippen molar-refractivity contribution in [2.45, 2.75) is 51.4 Å². The highest BCUT2D eigenvalue weighted by atomic mass is 16.5. The number of nitrogens with zero attached hydrogens (tertiary/aromatic N) is 1. The Morgan fingerprint density at radius 2 is 2.33 bits per heavy atom. The van der Waals surface area contributed by atoms with Crippen LogP contribution in [-0.4, -0.2) is 28.9 Å². The van der Waals surface area contributed by atoms with Crippen molar-refractivity contribution in [1.82, 2.24) is 4.98 Å². The minimum Gasteiger partial charge on any atom is -0.492 e. The topological polar surface area (TPSA) is 51.6 Å². The Morgan fingerprint density at radius 1 is 1.50 bits per heavy atom. The minimum absolute atomic E-state index is 0.122. The molecular formula is C14H21NO3. The number of pyridine rings is 1. The number of rotatable bonds is 5. The highest BCUT2D eigenvalue weighted by Crippen LogP contribution is 2.30. The van der Waals surface area contributed by atoms with Gasteiger partial charge in [-0.25, -0.2) is 0 Å². The summed E-state index contributed by atoms with van der Waals surface area (Å²) in [6.07, 6.45) is 5.69. The molecule has 0 amide bonds. The first-order valence-electron chi connectivity index (χ1n) is 6.62. The largest absolute Gasteiger partial charge is 0.492 e. The molecule has 0 bridgehead atoms. The van der Waals surface area contributed by atoms with Gasteiger partial charge in [-0.1, -0.05) is 6.92 Å². The van der Waals surface area contributed by atoms with E-state index in [9.17, 15) is 5.11 Å². The molecular weight excluding hydrogens is 230 g/mol. The maximum Gasteiger partial charge on any atom is 0.137 e. The quantitative estimate of drug-likeness (QED) is 0.873. The summed E-state index contributed by atoms with van der Waals surface area (Å²) in [5.74, 6) is 0.708. The van der Waals surface area contributed by atoms with Crippen LogP contribution in [0.3, 0.4) is 0 Å². The molecule has 1 aromatic heterocycles. The Balaban J connectivity index is 2.03. The zero-order chi connectivity index (χ0) is 13.0. The Hall–Kier alpha value is -1.13. The van der Waals surface area contributed by atoms with E-state index >= 15 is 0 Å². The number of hydrogen-bond donors (Lipinski definition) is 1. The van der Waals surface area contributed by atoms with Crippen LogP contribution in [-0.2, 0) is 4.74 Å². The SMILES string of the molecule is CCCOc1cncc(C(O)C2CCC(C)O2)c1. The molecule has 0 saturated carbocycles. The van der Waals surface area contributed by atoms with Crippen LogP contribution >= 0.6 is 0 Å². The van der Waals surface area contributed by atoms with Gasteiger partial charge in [0.2, 0.25) is 0 Å². The molecule has 1 fully saturated rings. The highest BCUT2D eigenvalue weighted by Gasteiger charge is 2.29. The molecule has 3 atom stereocenters. The molecule has 0 radical (unpaired) electrons. The zero-order valence-electron chi connectivity index (χ0n) is 11.0. The summed E-state index contributed by atoms with van der Waals surface area (Å²) in [6, 6.07) is 1.85. The second kappa shape index (κ2) is 6.16. The van der Waals surface area contributed by atoms with Gasteiger partial charge in [-0.15, -0.1) is 0 Å². The van der Waals surface area contributed by atoms with Crippen LogP contribution in [0.2, 0.25) is 0 Å². The Kier molecular flexibility index (Phi) is 4.55. The molecule has 1 aliphatic heterocycles. The predicted octanol–water partition coefficient (Wildman–Crippen LogP) is 2.47. The van der Waals surface area contributed by atoms with Crippen molar-refractivity contribution in [3.8, 4) is 5.75 Å². The van der Waals surface area contributed by atoms with E-state index in [1.807, 2.05) is 13.0 Å².